The average molecular weight is 382 g/mol. The van der Waals surface area contributed by atoms with Gasteiger partial charge in [0.25, 0.3) is 0 Å². The van der Waals surface area contributed by atoms with Crippen LogP contribution in [0.2, 0.25) is 0 Å². The first-order valence-corrected chi connectivity index (χ1v) is 10.9. The van der Waals surface area contributed by atoms with E-state index in [2.05, 4.69) is 0 Å². The molecule has 0 fully saturated rings. The molecular weight excluding hydrogens is 355 g/mol. The van der Waals surface area contributed by atoms with E-state index in [1.54, 1.807) is 0 Å². The van der Waals surface area contributed by atoms with Crippen molar-refractivity contribution in [1.29, 1.82) is 0 Å². The second kappa shape index (κ2) is 12.4. The third-order valence-electron chi connectivity index (χ3n) is 2.11. The Morgan fingerprint density at radius 3 is 1.11 bits per heavy atom. The van der Waals surface area contributed by atoms with Crippen LogP contribution in [0.3, 0.4) is 0 Å². The zero-order chi connectivity index (χ0) is 14.7. The van der Waals surface area contributed by atoms with Crippen molar-refractivity contribution in [2.45, 2.75) is 60.4 Å². The molecule has 3 atom stereocenters. The third kappa shape index (κ3) is 11.0. The molecule has 0 aliphatic heterocycles. The summed E-state index contributed by atoms with van der Waals surface area (Å²) in [5.74, 6) is 0. The van der Waals surface area contributed by atoms with Crippen LogP contribution in [-0.4, -0.2) is 61.4 Å². The van der Waals surface area contributed by atoms with E-state index in [1.807, 2.05) is 41.5 Å². The van der Waals surface area contributed by atoms with Crippen molar-refractivity contribution in [2.75, 3.05) is 19.8 Å². The zero-order valence-electron chi connectivity index (χ0n) is 12.9. The standard InChI is InChI=1S/3C4H9O2.In/c3*1-3-6-4(2)5;/h3*4H,3H2,1-2H3;/q3*-1;+3. The fourth-order valence-corrected chi connectivity index (χ4v) is 5.29. The van der Waals surface area contributed by atoms with Gasteiger partial charge in [-0.2, -0.15) is 0 Å². The van der Waals surface area contributed by atoms with Crippen molar-refractivity contribution in [2.24, 2.45) is 0 Å². The number of rotatable bonds is 12. The van der Waals surface area contributed by atoms with Crippen LogP contribution in [0.25, 0.3) is 0 Å². The minimum absolute atomic E-state index is 0.339. The summed E-state index contributed by atoms with van der Waals surface area (Å²) >= 11 is -3.13. The molecule has 19 heavy (non-hydrogen) atoms. The van der Waals surface area contributed by atoms with Crippen LogP contribution in [0.4, 0.5) is 0 Å². The predicted octanol–water partition coefficient (Wildman–Crippen LogP) is 2.17. The summed E-state index contributed by atoms with van der Waals surface area (Å²) in [5.41, 5.74) is 0. The van der Waals surface area contributed by atoms with Crippen molar-refractivity contribution in [1.82, 2.24) is 0 Å². The van der Waals surface area contributed by atoms with Gasteiger partial charge in [-0.1, -0.05) is 0 Å². The normalized spacial score (nSPS) is 16.1. The van der Waals surface area contributed by atoms with Crippen LogP contribution in [0, 0.1) is 0 Å². The van der Waals surface area contributed by atoms with Crippen molar-refractivity contribution in [3.63, 3.8) is 0 Å². The summed E-state index contributed by atoms with van der Waals surface area (Å²) in [7, 11) is 0. The quantitative estimate of drug-likeness (QED) is 0.483. The first-order valence-electron chi connectivity index (χ1n) is 6.84. The van der Waals surface area contributed by atoms with Crippen molar-refractivity contribution in [3.05, 3.63) is 0 Å². The van der Waals surface area contributed by atoms with E-state index in [1.165, 1.54) is 0 Å². The van der Waals surface area contributed by atoms with Crippen LogP contribution < -0.4 is 0 Å². The van der Waals surface area contributed by atoms with E-state index in [0.717, 1.165) is 0 Å². The van der Waals surface area contributed by atoms with E-state index in [4.69, 9.17) is 22.8 Å². The van der Waals surface area contributed by atoms with E-state index < -0.39 is 22.7 Å². The fraction of sp³-hybridized carbons (Fsp3) is 1.00. The van der Waals surface area contributed by atoms with Crippen LogP contribution >= 0.6 is 0 Å². The molecule has 114 valence electrons. The Hall–Kier alpha value is 0.630. The Bertz CT molecular complexity index is 173. The van der Waals surface area contributed by atoms with E-state index in [9.17, 15) is 0 Å². The van der Waals surface area contributed by atoms with Gasteiger partial charge in [-0.25, -0.2) is 0 Å². The molecule has 0 rings (SSSR count). The third-order valence-corrected chi connectivity index (χ3v) is 7.30. The average Bonchev–Trinajstić information content (AvgIpc) is 2.29. The molecule has 0 aliphatic carbocycles. The van der Waals surface area contributed by atoms with Crippen LogP contribution in [-0.2, 0) is 22.8 Å². The van der Waals surface area contributed by atoms with Crippen molar-refractivity contribution >= 4 is 22.7 Å². The van der Waals surface area contributed by atoms with Gasteiger partial charge in [0.1, 0.15) is 0 Å². The maximum atomic E-state index is 5.71. The van der Waals surface area contributed by atoms with E-state index >= 15 is 0 Å². The van der Waals surface area contributed by atoms with Gasteiger partial charge in [0.05, 0.1) is 0 Å². The molecule has 0 heterocycles. The zero-order valence-corrected chi connectivity index (χ0v) is 16.2. The van der Waals surface area contributed by atoms with Gasteiger partial charge in [0.15, 0.2) is 0 Å². The van der Waals surface area contributed by atoms with Crippen LogP contribution in [0.15, 0.2) is 0 Å². The van der Waals surface area contributed by atoms with Gasteiger partial charge in [-0.15, -0.1) is 0 Å². The molecule has 0 aromatic carbocycles. The number of hydrogen-bond donors (Lipinski definition) is 0. The number of ether oxygens (including phenoxy) is 3. The van der Waals surface area contributed by atoms with Gasteiger partial charge in [-0.3, -0.25) is 0 Å². The molecule has 0 N–H and O–H groups in total. The molecule has 0 saturated carbocycles. The fourth-order valence-electron chi connectivity index (χ4n) is 1.39. The van der Waals surface area contributed by atoms with Crippen molar-refractivity contribution < 1.29 is 22.8 Å². The summed E-state index contributed by atoms with van der Waals surface area (Å²) in [6.07, 6.45) is -1.02. The summed E-state index contributed by atoms with van der Waals surface area (Å²) in [6, 6.07) is 0. The molecule has 0 bridgehead atoms. The van der Waals surface area contributed by atoms with Crippen LogP contribution in [0.5, 0.6) is 0 Å². The van der Waals surface area contributed by atoms with Gasteiger partial charge in [0, 0.05) is 0 Å². The van der Waals surface area contributed by atoms with E-state index in [-0.39, 0.29) is 18.9 Å². The Balaban J connectivity index is 4.28. The topological polar surface area (TPSA) is 55.4 Å². The summed E-state index contributed by atoms with van der Waals surface area (Å²) in [5, 5.41) is 0. The van der Waals surface area contributed by atoms with Gasteiger partial charge < -0.3 is 0 Å². The second-order valence-electron chi connectivity index (χ2n) is 3.77. The molecule has 0 saturated heterocycles. The first-order chi connectivity index (χ1) is 9.03. The molecular formula is C12H27InO6. The minimum atomic E-state index is -3.13. The molecule has 7 heteroatoms. The predicted molar refractivity (Wildman–Crippen MR) is 72.3 cm³/mol. The Morgan fingerprint density at radius 1 is 0.632 bits per heavy atom. The second-order valence-corrected chi connectivity index (χ2v) is 7.74. The van der Waals surface area contributed by atoms with Gasteiger partial charge >= 0.3 is 126 Å². The summed E-state index contributed by atoms with van der Waals surface area (Å²) in [4.78, 5) is 0. The Morgan fingerprint density at radius 2 is 0.895 bits per heavy atom. The first kappa shape index (κ1) is 19.6. The van der Waals surface area contributed by atoms with Crippen molar-refractivity contribution in [3.8, 4) is 0 Å². The number of hydrogen-bond acceptors (Lipinski definition) is 6. The molecule has 0 aromatic rings. The molecule has 0 aliphatic rings. The van der Waals surface area contributed by atoms with Crippen LogP contribution in [0.1, 0.15) is 41.5 Å². The van der Waals surface area contributed by atoms with Gasteiger partial charge in [0.2, 0.25) is 0 Å². The monoisotopic (exact) mass is 382 g/mol. The maximum absolute atomic E-state index is 5.71. The molecule has 0 spiro atoms. The molecule has 0 amide bonds. The molecule has 6 nitrogen and oxygen atoms in total. The summed E-state index contributed by atoms with van der Waals surface area (Å²) in [6.45, 7) is 13.0. The van der Waals surface area contributed by atoms with E-state index in [0.29, 0.717) is 19.8 Å². The Kier molecular flexibility index (Phi) is 12.8. The van der Waals surface area contributed by atoms with Gasteiger partial charge in [-0.05, 0) is 0 Å². The SMILES string of the molecule is CCOC(C)[O][In]([O]C(C)OCC)[O]C(C)OCC. The molecule has 0 radical (unpaired) electrons. The molecule has 3 unspecified atom stereocenters. The Labute approximate surface area is 126 Å². The summed E-state index contributed by atoms with van der Waals surface area (Å²) < 4.78 is 33.2. The molecule has 0 aromatic heterocycles.